The zero-order valence-corrected chi connectivity index (χ0v) is 20.5. The van der Waals surface area contributed by atoms with Crippen LogP contribution in [0.25, 0.3) is 0 Å². The van der Waals surface area contributed by atoms with Crippen LogP contribution in [-0.4, -0.2) is 62.2 Å². The summed E-state index contributed by atoms with van der Waals surface area (Å²) >= 11 is 7.93. The maximum Gasteiger partial charge on any atom is 0.173 e. The van der Waals surface area contributed by atoms with E-state index in [9.17, 15) is 0 Å². The minimum absolute atomic E-state index is 0. The second-order valence-electron chi connectivity index (χ2n) is 8.59. The first-order chi connectivity index (χ1) is 15.3. The van der Waals surface area contributed by atoms with E-state index in [1.807, 2.05) is 16.8 Å². The van der Waals surface area contributed by atoms with E-state index in [0.717, 1.165) is 43.1 Å². The Labute approximate surface area is 205 Å². The largest absolute Gasteiger partial charge is 0.298 e. The summed E-state index contributed by atoms with van der Waals surface area (Å²) in [4.78, 5) is 6.51. The molecule has 2 fully saturated rings. The highest BCUT2D eigenvalue weighted by molar-refractivity contribution is 7.09. The van der Waals surface area contributed by atoms with E-state index in [0.29, 0.717) is 6.54 Å². The molecule has 0 spiro atoms. The Morgan fingerprint density at radius 1 is 1.00 bits per heavy atom. The van der Waals surface area contributed by atoms with Gasteiger partial charge in [-0.2, -0.15) is 0 Å². The third-order valence-electron chi connectivity index (χ3n) is 6.68. The van der Waals surface area contributed by atoms with Crippen molar-refractivity contribution in [2.45, 2.75) is 50.7 Å². The van der Waals surface area contributed by atoms with Gasteiger partial charge in [0, 0.05) is 42.1 Å². The number of hydrogen-bond donors (Lipinski definition) is 0. The molecule has 0 bridgehead atoms. The van der Waals surface area contributed by atoms with Crippen molar-refractivity contribution in [1.29, 1.82) is 0 Å². The lowest BCUT2D eigenvalue weighted by atomic mass is 9.93. The molecule has 1 saturated heterocycles. The Kier molecular flexibility index (Phi) is 8.18. The smallest absolute Gasteiger partial charge is 0.173 e. The van der Waals surface area contributed by atoms with Gasteiger partial charge in [0.05, 0.1) is 12.6 Å². The van der Waals surface area contributed by atoms with Gasteiger partial charge in [0.25, 0.3) is 0 Å². The fourth-order valence-corrected chi connectivity index (χ4v) is 5.86. The number of aromatic nitrogens is 4. The highest BCUT2D eigenvalue weighted by Crippen LogP contribution is 2.31. The lowest BCUT2D eigenvalue weighted by molar-refractivity contribution is 0.0620. The van der Waals surface area contributed by atoms with Crippen LogP contribution in [0.4, 0.5) is 0 Å². The van der Waals surface area contributed by atoms with Crippen LogP contribution in [0.15, 0.2) is 41.8 Å². The molecule has 0 radical (unpaired) electrons. The Bertz CT molecular complexity index is 947. The molecule has 32 heavy (non-hydrogen) atoms. The molecule has 6 nitrogen and oxygen atoms in total. The molecule has 3 heterocycles. The van der Waals surface area contributed by atoms with Crippen molar-refractivity contribution in [3.63, 3.8) is 0 Å². The molecule has 2 aromatic heterocycles. The van der Waals surface area contributed by atoms with Crippen LogP contribution in [0.3, 0.4) is 0 Å². The summed E-state index contributed by atoms with van der Waals surface area (Å²) in [7, 11) is 0. The fourth-order valence-electron chi connectivity index (χ4n) is 5.05. The van der Waals surface area contributed by atoms with Crippen LogP contribution in [-0.2, 0) is 6.54 Å². The molecule has 1 atom stereocenters. The zero-order chi connectivity index (χ0) is 21.0. The van der Waals surface area contributed by atoms with Crippen LogP contribution in [0.5, 0.6) is 0 Å². The summed E-state index contributed by atoms with van der Waals surface area (Å²) in [6.45, 7) is 4.97. The molecule has 1 saturated carbocycles. The van der Waals surface area contributed by atoms with Crippen molar-refractivity contribution in [3.8, 4) is 0 Å². The first-order valence-electron chi connectivity index (χ1n) is 11.3. The summed E-state index contributed by atoms with van der Waals surface area (Å²) in [5.41, 5.74) is 1.19. The molecule has 1 unspecified atom stereocenters. The summed E-state index contributed by atoms with van der Waals surface area (Å²) in [5, 5.41) is 15.7. The second-order valence-corrected chi connectivity index (χ2v) is 10.1. The van der Waals surface area contributed by atoms with Crippen molar-refractivity contribution < 1.29 is 0 Å². The van der Waals surface area contributed by atoms with Crippen LogP contribution in [0.2, 0.25) is 5.02 Å². The number of hydrogen-bond acceptors (Lipinski definition) is 6. The monoisotopic (exact) mass is 492 g/mol. The third kappa shape index (κ3) is 5.34. The van der Waals surface area contributed by atoms with Crippen molar-refractivity contribution in [1.82, 2.24) is 30.0 Å². The minimum atomic E-state index is 0. The number of rotatable bonds is 6. The first-order valence-corrected chi connectivity index (χ1v) is 12.6. The maximum atomic E-state index is 6.19. The van der Waals surface area contributed by atoms with Crippen molar-refractivity contribution >= 4 is 35.3 Å². The molecule has 1 aliphatic heterocycles. The Hall–Kier alpha value is -1.51. The number of benzene rings is 1. The summed E-state index contributed by atoms with van der Waals surface area (Å²) in [6, 6.07) is 13.2. The van der Waals surface area contributed by atoms with E-state index in [4.69, 9.17) is 11.6 Å². The van der Waals surface area contributed by atoms with Crippen LogP contribution >= 0.6 is 35.3 Å². The molecule has 0 N–H and O–H groups in total. The topological polar surface area (TPSA) is 50.1 Å². The van der Waals surface area contributed by atoms with Crippen LogP contribution in [0.1, 0.15) is 54.4 Å². The predicted octanol–water partition coefficient (Wildman–Crippen LogP) is 4.90. The standard InChI is InChI=1S/C23H29ClN6S.ClH/c24-19-10-8-18(9-11-19)22(23-25-26-27-30(23)17-21-7-4-16-31-21)29-14-12-28(13-15-29)20-5-2-1-3-6-20;/h4,7-11,16,20,22H,1-3,5-6,12-15,17H2;1H. The van der Waals surface area contributed by atoms with E-state index in [-0.39, 0.29) is 18.4 Å². The third-order valence-corrected chi connectivity index (χ3v) is 7.79. The number of thiophene rings is 1. The molecule has 172 valence electrons. The average molecular weight is 494 g/mol. The fraction of sp³-hybridized carbons (Fsp3) is 0.522. The number of halogens is 2. The van der Waals surface area contributed by atoms with E-state index in [1.165, 1.54) is 42.5 Å². The van der Waals surface area contributed by atoms with E-state index < -0.39 is 0 Å². The SMILES string of the molecule is Cl.Clc1ccc(C(c2nnnn2Cc2cccs2)N2CCN(C3CCCCC3)CC2)cc1. The van der Waals surface area contributed by atoms with Gasteiger partial charge in [-0.15, -0.1) is 28.8 Å². The number of tetrazole rings is 1. The number of piperazine rings is 1. The van der Waals surface area contributed by atoms with Gasteiger partial charge < -0.3 is 0 Å². The van der Waals surface area contributed by atoms with Gasteiger partial charge in [0.1, 0.15) is 0 Å². The van der Waals surface area contributed by atoms with Gasteiger partial charge in [-0.1, -0.05) is 49.1 Å². The summed E-state index contributed by atoms with van der Waals surface area (Å²) in [6.07, 6.45) is 6.90. The molecule has 3 aromatic rings. The second kappa shape index (κ2) is 11.1. The molecular weight excluding hydrogens is 463 g/mol. The Morgan fingerprint density at radius 2 is 1.75 bits per heavy atom. The van der Waals surface area contributed by atoms with E-state index in [1.54, 1.807) is 11.3 Å². The Morgan fingerprint density at radius 3 is 2.44 bits per heavy atom. The normalized spacial score (nSPS) is 19.5. The molecular formula is C23H30Cl2N6S. The first kappa shape index (κ1) is 23.6. The zero-order valence-electron chi connectivity index (χ0n) is 18.1. The molecule has 5 rings (SSSR count). The highest BCUT2D eigenvalue weighted by atomic mass is 35.5. The van der Waals surface area contributed by atoms with Gasteiger partial charge in [0.15, 0.2) is 5.82 Å². The minimum Gasteiger partial charge on any atom is -0.298 e. The van der Waals surface area contributed by atoms with Crippen molar-refractivity contribution in [2.75, 3.05) is 26.2 Å². The van der Waals surface area contributed by atoms with Gasteiger partial charge in [-0.05, 0) is 52.4 Å². The van der Waals surface area contributed by atoms with Crippen LogP contribution < -0.4 is 0 Å². The molecule has 1 aliphatic carbocycles. The van der Waals surface area contributed by atoms with Crippen molar-refractivity contribution in [3.05, 3.63) is 63.1 Å². The summed E-state index contributed by atoms with van der Waals surface area (Å²) < 4.78 is 1.96. The number of nitrogens with zero attached hydrogens (tertiary/aromatic N) is 6. The lowest BCUT2D eigenvalue weighted by Gasteiger charge is -2.43. The van der Waals surface area contributed by atoms with E-state index >= 15 is 0 Å². The predicted molar refractivity (Wildman–Crippen MR) is 132 cm³/mol. The molecule has 9 heteroatoms. The summed E-state index contributed by atoms with van der Waals surface area (Å²) in [5.74, 6) is 0.904. The highest BCUT2D eigenvalue weighted by Gasteiger charge is 2.32. The van der Waals surface area contributed by atoms with Crippen LogP contribution in [0, 0.1) is 0 Å². The van der Waals surface area contributed by atoms with Gasteiger partial charge >= 0.3 is 0 Å². The van der Waals surface area contributed by atoms with E-state index in [2.05, 4.69) is 55.0 Å². The average Bonchev–Trinajstić information content (AvgIpc) is 3.49. The maximum absolute atomic E-state index is 6.19. The van der Waals surface area contributed by atoms with Gasteiger partial charge in [-0.3, -0.25) is 9.80 Å². The quantitative estimate of drug-likeness (QED) is 0.489. The molecule has 1 aromatic carbocycles. The van der Waals surface area contributed by atoms with Gasteiger partial charge in [-0.25, -0.2) is 4.68 Å². The molecule has 2 aliphatic rings. The Balaban J connectivity index is 0.00000245. The lowest BCUT2D eigenvalue weighted by Crippen LogP contribution is -2.52. The van der Waals surface area contributed by atoms with Gasteiger partial charge in [0.2, 0.25) is 0 Å². The molecule has 0 amide bonds. The van der Waals surface area contributed by atoms with Crippen molar-refractivity contribution in [2.24, 2.45) is 0 Å².